The standard InChI is InChI=1S/C13H14Cl3NO2/c1-8-6-17(7-9(5-14)19-8)13(18)12-10(15)3-2-4-11(12)16/h2-4,8-9H,5-7H2,1H3. The average Bonchev–Trinajstić information content (AvgIpc) is 2.37. The van der Waals surface area contributed by atoms with Gasteiger partial charge in [0.05, 0.1) is 33.7 Å². The minimum atomic E-state index is -0.180. The monoisotopic (exact) mass is 321 g/mol. The minimum Gasteiger partial charge on any atom is -0.370 e. The number of carbonyl (C=O) groups is 1. The molecule has 2 rings (SSSR count). The maximum Gasteiger partial charge on any atom is 0.257 e. The number of hydrogen-bond acceptors (Lipinski definition) is 2. The van der Waals surface area contributed by atoms with Gasteiger partial charge in [0.15, 0.2) is 0 Å². The summed E-state index contributed by atoms with van der Waals surface area (Å²) in [5.74, 6) is 0.172. The lowest BCUT2D eigenvalue weighted by atomic mass is 10.1. The van der Waals surface area contributed by atoms with E-state index in [-0.39, 0.29) is 18.1 Å². The van der Waals surface area contributed by atoms with Crippen LogP contribution in [0.1, 0.15) is 17.3 Å². The number of nitrogens with zero attached hydrogens (tertiary/aromatic N) is 1. The Morgan fingerprint density at radius 3 is 2.58 bits per heavy atom. The summed E-state index contributed by atoms with van der Waals surface area (Å²) < 4.78 is 5.62. The number of benzene rings is 1. The second-order valence-corrected chi connectivity index (χ2v) is 5.65. The molecule has 1 fully saturated rings. The van der Waals surface area contributed by atoms with Gasteiger partial charge in [-0.15, -0.1) is 11.6 Å². The van der Waals surface area contributed by atoms with Gasteiger partial charge in [0, 0.05) is 13.1 Å². The molecular formula is C13H14Cl3NO2. The molecule has 0 bridgehead atoms. The topological polar surface area (TPSA) is 29.5 Å². The molecule has 0 N–H and O–H groups in total. The van der Waals surface area contributed by atoms with Crippen LogP contribution < -0.4 is 0 Å². The number of amides is 1. The van der Waals surface area contributed by atoms with Crippen LogP contribution in [0.25, 0.3) is 0 Å². The fourth-order valence-corrected chi connectivity index (χ4v) is 2.89. The molecule has 2 atom stereocenters. The Bertz CT molecular complexity index is 461. The van der Waals surface area contributed by atoms with Crippen molar-refractivity contribution in [2.75, 3.05) is 19.0 Å². The van der Waals surface area contributed by atoms with E-state index in [0.29, 0.717) is 34.6 Å². The third-order valence-corrected chi connectivity index (χ3v) is 3.94. The smallest absolute Gasteiger partial charge is 0.257 e. The Labute approximate surface area is 127 Å². The van der Waals surface area contributed by atoms with E-state index in [0.717, 1.165) is 0 Å². The van der Waals surface area contributed by atoms with Crippen molar-refractivity contribution in [1.29, 1.82) is 0 Å². The van der Waals surface area contributed by atoms with Crippen molar-refractivity contribution in [2.45, 2.75) is 19.1 Å². The van der Waals surface area contributed by atoms with E-state index in [1.54, 1.807) is 23.1 Å². The van der Waals surface area contributed by atoms with Crippen molar-refractivity contribution in [1.82, 2.24) is 4.90 Å². The Balaban J connectivity index is 2.24. The number of hydrogen-bond donors (Lipinski definition) is 0. The van der Waals surface area contributed by atoms with E-state index in [9.17, 15) is 4.79 Å². The summed E-state index contributed by atoms with van der Waals surface area (Å²) in [5, 5.41) is 0.720. The average molecular weight is 323 g/mol. The van der Waals surface area contributed by atoms with Crippen molar-refractivity contribution >= 4 is 40.7 Å². The molecule has 1 saturated heterocycles. The molecule has 1 aliphatic heterocycles. The number of carbonyl (C=O) groups excluding carboxylic acids is 1. The summed E-state index contributed by atoms with van der Waals surface area (Å²) in [4.78, 5) is 14.2. The number of rotatable bonds is 2. The highest BCUT2D eigenvalue weighted by Crippen LogP contribution is 2.27. The van der Waals surface area contributed by atoms with Gasteiger partial charge in [-0.2, -0.15) is 0 Å². The van der Waals surface area contributed by atoms with Crippen LogP contribution in [0.4, 0.5) is 0 Å². The Morgan fingerprint density at radius 2 is 2.00 bits per heavy atom. The maximum absolute atomic E-state index is 12.5. The van der Waals surface area contributed by atoms with Crippen LogP contribution in [0.3, 0.4) is 0 Å². The molecule has 2 unspecified atom stereocenters. The second kappa shape index (κ2) is 6.31. The third-order valence-electron chi connectivity index (χ3n) is 2.96. The van der Waals surface area contributed by atoms with E-state index in [4.69, 9.17) is 39.5 Å². The first-order valence-corrected chi connectivity index (χ1v) is 7.26. The summed E-state index contributed by atoms with van der Waals surface area (Å²) in [5.41, 5.74) is 0.341. The molecule has 19 heavy (non-hydrogen) atoms. The van der Waals surface area contributed by atoms with Crippen LogP contribution in [-0.4, -0.2) is 42.0 Å². The Kier molecular flexibility index (Phi) is 4.96. The number of ether oxygens (including phenoxy) is 1. The third kappa shape index (κ3) is 3.34. The second-order valence-electron chi connectivity index (χ2n) is 4.53. The molecule has 0 radical (unpaired) electrons. The van der Waals surface area contributed by atoms with Crippen molar-refractivity contribution in [3.05, 3.63) is 33.8 Å². The minimum absolute atomic E-state index is 0.0530. The van der Waals surface area contributed by atoms with Crippen molar-refractivity contribution in [3.63, 3.8) is 0 Å². The van der Waals surface area contributed by atoms with E-state index >= 15 is 0 Å². The Hall–Kier alpha value is -0.480. The van der Waals surface area contributed by atoms with Gasteiger partial charge >= 0.3 is 0 Å². The predicted octanol–water partition coefficient (Wildman–Crippen LogP) is 3.46. The fourth-order valence-electron chi connectivity index (χ4n) is 2.16. The lowest BCUT2D eigenvalue weighted by Gasteiger charge is -2.36. The normalized spacial score (nSPS) is 23.5. The molecule has 0 aromatic heterocycles. The quantitative estimate of drug-likeness (QED) is 0.780. The van der Waals surface area contributed by atoms with E-state index in [1.807, 2.05) is 6.92 Å². The molecule has 0 saturated carbocycles. The summed E-state index contributed by atoms with van der Waals surface area (Å²) in [6.45, 7) is 2.87. The van der Waals surface area contributed by atoms with Gasteiger partial charge < -0.3 is 9.64 Å². The molecule has 1 aliphatic rings. The van der Waals surface area contributed by atoms with Gasteiger partial charge in [-0.25, -0.2) is 0 Å². The largest absolute Gasteiger partial charge is 0.370 e. The Morgan fingerprint density at radius 1 is 1.37 bits per heavy atom. The van der Waals surface area contributed by atoms with Crippen molar-refractivity contribution < 1.29 is 9.53 Å². The van der Waals surface area contributed by atoms with Gasteiger partial charge in [0.2, 0.25) is 0 Å². The fraction of sp³-hybridized carbons (Fsp3) is 0.462. The molecular weight excluding hydrogens is 309 g/mol. The first kappa shape index (κ1) is 14.9. The lowest BCUT2D eigenvalue weighted by molar-refractivity contribution is -0.0570. The zero-order chi connectivity index (χ0) is 14.0. The van der Waals surface area contributed by atoms with Gasteiger partial charge in [-0.05, 0) is 19.1 Å². The highest BCUT2D eigenvalue weighted by atomic mass is 35.5. The highest BCUT2D eigenvalue weighted by Gasteiger charge is 2.30. The SMILES string of the molecule is CC1CN(C(=O)c2c(Cl)cccc2Cl)CC(CCl)O1. The van der Waals surface area contributed by atoms with Gasteiger partial charge in [0.25, 0.3) is 5.91 Å². The van der Waals surface area contributed by atoms with E-state index in [2.05, 4.69) is 0 Å². The van der Waals surface area contributed by atoms with E-state index in [1.165, 1.54) is 0 Å². The molecule has 104 valence electrons. The molecule has 1 amide bonds. The zero-order valence-electron chi connectivity index (χ0n) is 10.4. The molecule has 6 heteroatoms. The predicted molar refractivity (Wildman–Crippen MR) is 77.4 cm³/mol. The van der Waals surface area contributed by atoms with Gasteiger partial charge in [0.1, 0.15) is 0 Å². The molecule has 1 aromatic rings. The van der Waals surface area contributed by atoms with Crippen LogP contribution in [0.5, 0.6) is 0 Å². The lowest BCUT2D eigenvalue weighted by Crippen LogP contribution is -2.49. The van der Waals surface area contributed by atoms with Crippen LogP contribution in [0, 0.1) is 0 Å². The van der Waals surface area contributed by atoms with Crippen molar-refractivity contribution in [2.24, 2.45) is 0 Å². The van der Waals surface area contributed by atoms with Crippen LogP contribution >= 0.6 is 34.8 Å². The highest BCUT2D eigenvalue weighted by molar-refractivity contribution is 6.39. The first-order valence-electron chi connectivity index (χ1n) is 5.97. The molecule has 3 nitrogen and oxygen atoms in total. The van der Waals surface area contributed by atoms with E-state index < -0.39 is 0 Å². The summed E-state index contributed by atoms with van der Waals surface area (Å²) in [7, 11) is 0. The maximum atomic E-state index is 12.5. The molecule has 1 aromatic carbocycles. The molecule has 0 spiro atoms. The number of alkyl halides is 1. The number of halogens is 3. The van der Waals surface area contributed by atoms with Crippen LogP contribution in [0.2, 0.25) is 10.0 Å². The van der Waals surface area contributed by atoms with Crippen molar-refractivity contribution in [3.8, 4) is 0 Å². The zero-order valence-corrected chi connectivity index (χ0v) is 12.7. The first-order chi connectivity index (χ1) is 9.02. The van der Waals surface area contributed by atoms with Gasteiger partial charge in [-0.1, -0.05) is 29.3 Å². The molecule has 0 aliphatic carbocycles. The summed E-state index contributed by atoms with van der Waals surface area (Å²) in [6, 6.07) is 5.03. The van der Waals surface area contributed by atoms with Gasteiger partial charge in [-0.3, -0.25) is 4.79 Å². The number of morpholine rings is 1. The summed E-state index contributed by atoms with van der Waals surface area (Å²) in [6.07, 6.45) is -0.210. The van der Waals surface area contributed by atoms with Crippen LogP contribution in [0.15, 0.2) is 18.2 Å². The van der Waals surface area contributed by atoms with Crippen LogP contribution in [-0.2, 0) is 4.74 Å². The molecule has 1 heterocycles. The summed E-state index contributed by atoms with van der Waals surface area (Å²) >= 11 is 17.9.